The second-order valence-electron chi connectivity index (χ2n) is 6.64. The first-order valence-electron chi connectivity index (χ1n) is 8.46. The first-order chi connectivity index (χ1) is 11.4. The van der Waals surface area contributed by atoms with E-state index >= 15 is 0 Å². The van der Waals surface area contributed by atoms with Crippen molar-refractivity contribution >= 4 is 11.4 Å². The van der Waals surface area contributed by atoms with Crippen molar-refractivity contribution < 1.29 is 0 Å². The molecule has 0 bridgehead atoms. The van der Waals surface area contributed by atoms with Gasteiger partial charge in [0.15, 0.2) is 0 Å². The van der Waals surface area contributed by atoms with E-state index in [-0.39, 0.29) is 0 Å². The highest BCUT2D eigenvalue weighted by Gasteiger charge is 2.40. The molecule has 0 amide bonds. The summed E-state index contributed by atoms with van der Waals surface area (Å²) in [4.78, 5) is 0. The van der Waals surface area contributed by atoms with E-state index in [0.29, 0.717) is 11.8 Å². The predicted molar refractivity (Wildman–Crippen MR) is 96.3 cm³/mol. The van der Waals surface area contributed by atoms with Crippen LogP contribution in [0.15, 0.2) is 72.8 Å². The average Bonchev–Trinajstić information content (AvgIpc) is 2.56. The van der Waals surface area contributed by atoms with Crippen molar-refractivity contribution in [1.29, 1.82) is 0 Å². The predicted octanol–water partition coefficient (Wildman–Crippen LogP) is 6.07. The van der Waals surface area contributed by atoms with E-state index in [0.717, 1.165) is 5.69 Å². The highest BCUT2D eigenvalue weighted by atomic mass is 14.9. The summed E-state index contributed by atoms with van der Waals surface area (Å²) < 4.78 is 0. The van der Waals surface area contributed by atoms with Crippen LogP contribution in [0.3, 0.4) is 0 Å². The molecule has 2 unspecified atom stereocenters. The molecule has 1 nitrogen and oxygen atoms in total. The van der Waals surface area contributed by atoms with E-state index < -0.39 is 0 Å². The Balaban J connectivity index is 1.67. The molecule has 2 aliphatic carbocycles. The highest BCUT2D eigenvalue weighted by molar-refractivity contribution is 5.82. The number of hydrogen-bond acceptors (Lipinski definition) is 1. The monoisotopic (exact) mass is 297 g/mol. The maximum Gasteiger partial charge on any atom is 0.0426 e. The fourth-order valence-electron chi connectivity index (χ4n) is 4.27. The van der Waals surface area contributed by atoms with Crippen LogP contribution in [0.5, 0.6) is 0 Å². The molecule has 0 spiro atoms. The molecule has 0 aliphatic heterocycles. The number of benzene rings is 3. The topological polar surface area (TPSA) is 12.0 Å². The number of rotatable bonds is 2. The van der Waals surface area contributed by atoms with Crippen LogP contribution in [0.2, 0.25) is 0 Å². The molecule has 0 saturated heterocycles. The summed E-state index contributed by atoms with van der Waals surface area (Å²) in [7, 11) is 0. The molecule has 5 rings (SSSR count). The fraction of sp³-hybridized carbons (Fsp3) is 0.182. The Kier molecular flexibility index (Phi) is 2.81. The van der Waals surface area contributed by atoms with Crippen LogP contribution in [0.25, 0.3) is 11.1 Å². The SMILES string of the molecule is c1ccc(Nc2cccc3c2C2CCC2c2ccccc2-3)cc1. The minimum atomic E-state index is 0.673. The maximum atomic E-state index is 3.65. The molecule has 1 heteroatoms. The van der Waals surface area contributed by atoms with Crippen LogP contribution in [0, 0.1) is 0 Å². The Morgan fingerprint density at radius 2 is 1.39 bits per heavy atom. The largest absolute Gasteiger partial charge is 0.355 e. The lowest BCUT2D eigenvalue weighted by atomic mass is 9.60. The van der Waals surface area contributed by atoms with Gasteiger partial charge in [-0.1, -0.05) is 54.6 Å². The lowest BCUT2D eigenvalue weighted by Gasteiger charge is -2.44. The third kappa shape index (κ3) is 1.93. The van der Waals surface area contributed by atoms with Gasteiger partial charge in [-0.15, -0.1) is 0 Å². The maximum absolute atomic E-state index is 3.65. The smallest absolute Gasteiger partial charge is 0.0426 e. The van der Waals surface area contributed by atoms with Crippen molar-refractivity contribution in [3.8, 4) is 11.1 Å². The molecular weight excluding hydrogens is 278 g/mol. The van der Waals surface area contributed by atoms with E-state index in [2.05, 4.69) is 78.1 Å². The Labute approximate surface area is 137 Å². The van der Waals surface area contributed by atoms with Gasteiger partial charge in [0.25, 0.3) is 0 Å². The van der Waals surface area contributed by atoms with Gasteiger partial charge < -0.3 is 5.32 Å². The van der Waals surface area contributed by atoms with Crippen molar-refractivity contribution in [2.45, 2.75) is 24.7 Å². The molecule has 0 radical (unpaired) electrons. The minimum Gasteiger partial charge on any atom is -0.355 e. The first kappa shape index (κ1) is 13.0. The van der Waals surface area contributed by atoms with Gasteiger partial charge in [-0.3, -0.25) is 0 Å². The lowest BCUT2D eigenvalue weighted by molar-refractivity contribution is 0.344. The van der Waals surface area contributed by atoms with E-state index in [4.69, 9.17) is 0 Å². The summed E-state index contributed by atoms with van der Waals surface area (Å²) in [5.74, 6) is 1.38. The third-order valence-electron chi connectivity index (χ3n) is 5.45. The summed E-state index contributed by atoms with van der Waals surface area (Å²) in [6.07, 6.45) is 2.63. The van der Waals surface area contributed by atoms with Crippen molar-refractivity contribution in [2.75, 3.05) is 5.32 Å². The standard InChI is InChI=1S/C22H19N/c1-2-7-15(8-3-1)23-21-12-6-11-19-17-10-5-4-9-16(17)18-13-14-20(18)22(19)21/h1-12,18,20,23H,13-14H2. The molecule has 2 atom stereocenters. The number of anilines is 2. The summed E-state index contributed by atoms with van der Waals surface area (Å²) >= 11 is 0. The van der Waals surface area contributed by atoms with E-state index in [9.17, 15) is 0 Å². The van der Waals surface area contributed by atoms with Crippen molar-refractivity contribution in [3.63, 3.8) is 0 Å². The summed E-state index contributed by atoms with van der Waals surface area (Å²) in [5.41, 5.74) is 8.36. The molecule has 1 N–H and O–H groups in total. The molecule has 2 aliphatic rings. The Hall–Kier alpha value is -2.54. The molecule has 0 heterocycles. The van der Waals surface area contributed by atoms with Gasteiger partial charge in [0.2, 0.25) is 0 Å². The highest BCUT2D eigenvalue weighted by Crippen LogP contribution is 2.58. The molecule has 3 aromatic rings. The zero-order valence-corrected chi connectivity index (χ0v) is 13.0. The van der Waals surface area contributed by atoms with Crippen LogP contribution < -0.4 is 5.32 Å². The van der Waals surface area contributed by atoms with Crippen LogP contribution in [-0.2, 0) is 0 Å². The molecule has 1 saturated carbocycles. The number of para-hydroxylation sites is 1. The van der Waals surface area contributed by atoms with Crippen LogP contribution >= 0.6 is 0 Å². The molecule has 3 aromatic carbocycles. The van der Waals surface area contributed by atoms with Gasteiger partial charge >= 0.3 is 0 Å². The molecule has 112 valence electrons. The molecule has 1 fully saturated rings. The molecule has 23 heavy (non-hydrogen) atoms. The fourth-order valence-corrected chi connectivity index (χ4v) is 4.27. The molecule has 0 aromatic heterocycles. The normalized spacial score (nSPS) is 20.7. The lowest BCUT2D eigenvalue weighted by Crippen LogP contribution is -2.27. The summed E-state index contributed by atoms with van der Waals surface area (Å²) in [6.45, 7) is 0. The van der Waals surface area contributed by atoms with E-state index in [1.165, 1.54) is 35.2 Å². The van der Waals surface area contributed by atoms with E-state index in [1.807, 2.05) is 0 Å². The van der Waals surface area contributed by atoms with Gasteiger partial charge in [0.1, 0.15) is 0 Å². The van der Waals surface area contributed by atoms with Gasteiger partial charge in [-0.05, 0) is 65.1 Å². The van der Waals surface area contributed by atoms with Gasteiger partial charge in [0, 0.05) is 11.4 Å². The van der Waals surface area contributed by atoms with Gasteiger partial charge in [0.05, 0.1) is 0 Å². The Morgan fingerprint density at radius 3 is 2.22 bits per heavy atom. The second-order valence-corrected chi connectivity index (χ2v) is 6.64. The third-order valence-corrected chi connectivity index (χ3v) is 5.45. The van der Waals surface area contributed by atoms with E-state index in [1.54, 1.807) is 5.56 Å². The van der Waals surface area contributed by atoms with Gasteiger partial charge in [-0.25, -0.2) is 0 Å². The summed E-state index contributed by atoms with van der Waals surface area (Å²) in [5, 5.41) is 3.65. The number of fused-ring (bicyclic) bond motifs is 6. The van der Waals surface area contributed by atoms with Gasteiger partial charge in [-0.2, -0.15) is 0 Å². The van der Waals surface area contributed by atoms with Crippen LogP contribution in [0.1, 0.15) is 35.8 Å². The summed E-state index contributed by atoms with van der Waals surface area (Å²) in [6, 6.07) is 26.2. The second kappa shape index (κ2) is 4.99. The minimum absolute atomic E-state index is 0.673. The van der Waals surface area contributed by atoms with Crippen molar-refractivity contribution in [3.05, 3.63) is 83.9 Å². The number of nitrogens with one attached hydrogen (secondary N) is 1. The van der Waals surface area contributed by atoms with Crippen molar-refractivity contribution in [1.82, 2.24) is 0 Å². The van der Waals surface area contributed by atoms with Crippen molar-refractivity contribution in [2.24, 2.45) is 0 Å². The quantitative estimate of drug-likeness (QED) is 0.605. The Bertz CT molecular complexity index is 866. The molecular formula is C22H19N. The van der Waals surface area contributed by atoms with Crippen LogP contribution in [-0.4, -0.2) is 0 Å². The first-order valence-corrected chi connectivity index (χ1v) is 8.46. The van der Waals surface area contributed by atoms with Crippen LogP contribution in [0.4, 0.5) is 11.4 Å². The zero-order valence-electron chi connectivity index (χ0n) is 13.0. The average molecular weight is 297 g/mol. The Morgan fingerprint density at radius 1 is 0.652 bits per heavy atom. The zero-order chi connectivity index (χ0) is 15.2. The number of hydrogen-bond donors (Lipinski definition) is 1.